The van der Waals surface area contributed by atoms with Crippen molar-refractivity contribution in [2.45, 2.75) is 12.8 Å². The molecule has 0 fully saturated rings. The Balaban J connectivity index is 2.55. The molecule has 100 valence electrons. The van der Waals surface area contributed by atoms with Gasteiger partial charge in [-0.25, -0.2) is 0 Å². The van der Waals surface area contributed by atoms with Crippen LogP contribution in [0.15, 0.2) is 30.3 Å². The number of carbonyl (C=O) groups is 1. The molecule has 0 aromatic heterocycles. The summed E-state index contributed by atoms with van der Waals surface area (Å²) in [6.07, 6.45) is 0.906. The lowest BCUT2D eigenvalue weighted by molar-refractivity contribution is -0.137. The fourth-order valence-electron chi connectivity index (χ4n) is 1.75. The SMILES string of the molecule is CN(C)CCN(CCCC(=O)O)c1ccccc1. The van der Waals surface area contributed by atoms with Crippen molar-refractivity contribution in [3.8, 4) is 0 Å². The molecule has 0 bridgehead atoms. The molecule has 0 aliphatic rings. The van der Waals surface area contributed by atoms with E-state index in [1.807, 2.05) is 32.3 Å². The van der Waals surface area contributed by atoms with Gasteiger partial charge < -0.3 is 14.9 Å². The topological polar surface area (TPSA) is 43.8 Å². The van der Waals surface area contributed by atoms with E-state index in [1.165, 1.54) is 0 Å². The molecule has 1 aromatic rings. The quantitative estimate of drug-likeness (QED) is 0.765. The summed E-state index contributed by atoms with van der Waals surface area (Å²) in [4.78, 5) is 14.9. The number of carboxylic acids is 1. The highest BCUT2D eigenvalue weighted by atomic mass is 16.4. The van der Waals surface area contributed by atoms with Crippen LogP contribution in [0.1, 0.15) is 12.8 Å². The molecular weight excluding hydrogens is 228 g/mol. The molecule has 0 spiro atoms. The third-order valence-corrected chi connectivity index (χ3v) is 2.76. The zero-order valence-electron chi connectivity index (χ0n) is 11.2. The number of hydrogen-bond donors (Lipinski definition) is 1. The van der Waals surface area contributed by atoms with Gasteiger partial charge in [-0.3, -0.25) is 4.79 Å². The van der Waals surface area contributed by atoms with Crippen molar-refractivity contribution in [1.82, 2.24) is 4.90 Å². The number of hydrogen-bond acceptors (Lipinski definition) is 3. The summed E-state index contributed by atoms with van der Waals surface area (Å²) in [5.74, 6) is -0.726. The van der Waals surface area contributed by atoms with E-state index in [0.29, 0.717) is 6.42 Å². The Morgan fingerprint density at radius 2 is 1.78 bits per heavy atom. The summed E-state index contributed by atoms with van der Waals surface area (Å²) in [6.45, 7) is 2.66. The molecule has 0 amide bonds. The van der Waals surface area contributed by atoms with Gasteiger partial charge in [-0.15, -0.1) is 0 Å². The fraction of sp³-hybridized carbons (Fsp3) is 0.500. The smallest absolute Gasteiger partial charge is 0.303 e. The number of carboxylic acid groups (broad SMARTS) is 1. The molecule has 4 nitrogen and oxygen atoms in total. The fourth-order valence-corrected chi connectivity index (χ4v) is 1.75. The Morgan fingerprint density at radius 1 is 1.11 bits per heavy atom. The first-order valence-corrected chi connectivity index (χ1v) is 6.26. The van der Waals surface area contributed by atoms with Crippen molar-refractivity contribution < 1.29 is 9.90 Å². The van der Waals surface area contributed by atoms with Crippen LogP contribution in [-0.4, -0.2) is 49.7 Å². The first kappa shape index (κ1) is 14.5. The average Bonchev–Trinajstić information content (AvgIpc) is 2.34. The second kappa shape index (κ2) is 7.71. The van der Waals surface area contributed by atoms with Crippen molar-refractivity contribution in [2.75, 3.05) is 38.6 Å². The van der Waals surface area contributed by atoms with E-state index in [4.69, 9.17) is 5.11 Å². The van der Waals surface area contributed by atoms with Gasteiger partial charge in [0.25, 0.3) is 0 Å². The minimum absolute atomic E-state index is 0.227. The Bertz CT molecular complexity index is 352. The van der Waals surface area contributed by atoms with Crippen molar-refractivity contribution in [3.05, 3.63) is 30.3 Å². The number of aliphatic carboxylic acids is 1. The summed E-state index contributed by atoms with van der Waals surface area (Å²) in [5.41, 5.74) is 1.16. The minimum Gasteiger partial charge on any atom is -0.481 e. The number of nitrogens with zero attached hydrogens (tertiary/aromatic N) is 2. The lowest BCUT2D eigenvalue weighted by Gasteiger charge is -2.26. The van der Waals surface area contributed by atoms with Gasteiger partial charge in [0.1, 0.15) is 0 Å². The van der Waals surface area contributed by atoms with Crippen LogP contribution >= 0.6 is 0 Å². The summed E-state index contributed by atoms with van der Waals surface area (Å²) in [5, 5.41) is 8.69. The molecule has 1 N–H and O–H groups in total. The summed E-state index contributed by atoms with van der Waals surface area (Å²) in [6, 6.07) is 10.1. The van der Waals surface area contributed by atoms with Gasteiger partial charge in [0.15, 0.2) is 0 Å². The third-order valence-electron chi connectivity index (χ3n) is 2.76. The number of para-hydroxylation sites is 1. The first-order chi connectivity index (χ1) is 8.59. The normalized spacial score (nSPS) is 10.6. The molecule has 0 saturated heterocycles. The van der Waals surface area contributed by atoms with E-state index in [0.717, 1.165) is 25.3 Å². The summed E-state index contributed by atoms with van der Waals surface area (Å²) >= 11 is 0. The summed E-state index contributed by atoms with van der Waals surface area (Å²) < 4.78 is 0. The van der Waals surface area contributed by atoms with Crippen molar-refractivity contribution in [1.29, 1.82) is 0 Å². The highest BCUT2D eigenvalue weighted by Gasteiger charge is 2.07. The number of likely N-dealkylation sites (N-methyl/N-ethyl adjacent to an activating group) is 1. The zero-order chi connectivity index (χ0) is 13.4. The predicted octanol–water partition coefficient (Wildman–Crippen LogP) is 1.92. The Hall–Kier alpha value is -1.55. The molecule has 0 saturated carbocycles. The van der Waals surface area contributed by atoms with Gasteiger partial charge in [0.2, 0.25) is 0 Å². The Kier molecular flexibility index (Phi) is 6.22. The van der Waals surface area contributed by atoms with Crippen LogP contribution in [0.4, 0.5) is 5.69 Å². The van der Waals surface area contributed by atoms with Crippen molar-refractivity contribution >= 4 is 11.7 Å². The maximum atomic E-state index is 10.6. The van der Waals surface area contributed by atoms with E-state index in [-0.39, 0.29) is 6.42 Å². The van der Waals surface area contributed by atoms with E-state index >= 15 is 0 Å². The van der Waals surface area contributed by atoms with Gasteiger partial charge in [-0.2, -0.15) is 0 Å². The average molecular weight is 250 g/mol. The molecule has 4 heteroatoms. The van der Waals surface area contributed by atoms with E-state index in [1.54, 1.807) is 0 Å². The maximum absolute atomic E-state index is 10.6. The van der Waals surface area contributed by atoms with Crippen LogP contribution < -0.4 is 4.90 Å². The van der Waals surface area contributed by atoms with Crippen LogP contribution in [-0.2, 0) is 4.79 Å². The molecule has 0 aliphatic carbocycles. The monoisotopic (exact) mass is 250 g/mol. The van der Waals surface area contributed by atoms with E-state index < -0.39 is 5.97 Å². The van der Waals surface area contributed by atoms with Gasteiger partial charge in [0.05, 0.1) is 0 Å². The standard InChI is InChI=1S/C14H22N2O2/c1-15(2)11-12-16(10-6-9-14(17)18)13-7-4-3-5-8-13/h3-5,7-8H,6,9-12H2,1-2H3,(H,17,18). The molecule has 0 aliphatic heterocycles. The van der Waals surface area contributed by atoms with Crippen LogP contribution in [0.3, 0.4) is 0 Å². The van der Waals surface area contributed by atoms with E-state index in [2.05, 4.69) is 21.9 Å². The van der Waals surface area contributed by atoms with E-state index in [9.17, 15) is 4.79 Å². The molecular formula is C14H22N2O2. The lowest BCUT2D eigenvalue weighted by atomic mass is 10.2. The predicted molar refractivity (Wildman–Crippen MR) is 74.1 cm³/mol. The zero-order valence-corrected chi connectivity index (χ0v) is 11.2. The van der Waals surface area contributed by atoms with Gasteiger partial charge in [0, 0.05) is 31.7 Å². The van der Waals surface area contributed by atoms with Crippen molar-refractivity contribution in [2.24, 2.45) is 0 Å². The molecule has 18 heavy (non-hydrogen) atoms. The second-order valence-electron chi connectivity index (χ2n) is 4.62. The molecule has 0 unspecified atom stereocenters. The maximum Gasteiger partial charge on any atom is 0.303 e. The highest BCUT2D eigenvalue weighted by molar-refractivity contribution is 5.66. The van der Waals surface area contributed by atoms with Crippen LogP contribution in [0.5, 0.6) is 0 Å². The number of rotatable bonds is 8. The second-order valence-corrected chi connectivity index (χ2v) is 4.62. The number of benzene rings is 1. The molecule has 0 radical (unpaired) electrons. The largest absolute Gasteiger partial charge is 0.481 e. The molecule has 0 heterocycles. The molecule has 1 rings (SSSR count). The highest BCUT2D eigenvalue weighted by Crippen LogP contribution is 2.13. The minimum atomic E-state index is -0.726. The first-order valence-electron chi connectivity index (χ1n) is 6.26. The van der Waals surface area contributed by atoms with Gasteiger partial charge in [-0.05, 0) is 32.6 Å². The Labute approximate surface area is 109 Å². The lowest BCUT2D eigenvalue weighted by Crippen LogP contribution is -2.32. The number of anilines is 1. The summed E-state index contributed by atoms with van der Waals surface area (Å²) in [7, 11) is 4.08. The van der Waals surface area contributed by atoms with Crippen LogP contribution in [0.2, 0.25) is 0 Å². The Morgan fingerprint density at radius 3 is 2.33 bits per heavy atom. The molecule has 1 aromatic carbocycles. The van der Waals surface area contributed by atoms with Gasteiger partial charge >= 0.3 is 5.97 Å². The molecule has 0 atom stereocenters. The third kappa shape index (κ3) is 5.68. The van der Waals surface area contributed by atoms with Crippen LogP contribution in [0.25, 0.3) is 0 Å². The van der Waals surface area contributed by atoms with Gasteiger partial charge in [-0.1, -0.05) is 18.2 Å². The van der Waals surface area contributed by atoms with Crippen LogP contribution in [0, 0.1) is 0 Å². The van der Waals surface area contributed by atoms with Crippen molar-refractivity contribution in [3.63, 3.8) is 0 Å².